The second-order valence-electron chi connectivity index (χ2n) is 4.54. The largest absolute Gasteiger partial charge is 0.399 e. The fourth-order valence-corrected chi connectivity index (χ4v) is 2.25. The summed E-state index contributed by atoms with van der Waals surface area (Å²) in [6.45, 7) is 2.91. The predicted molar refractivity (Wildman–Crippen MR) is 70.1 cm³/mol. The first kappa shape index (κ1) is 11.8. The third-order valence-corrected chi connectivity index (χ3v) is 3.30. The van der Waals surface area contributed by atoms with Gasteiger partial charge in [-0.1, -0.05) is 13.3 Å². The van der Waals surface area contributed by atoms with E-state index in [2.05, 4.69) is 6.92 Å². The highest BCUT2D eigenvalue weighted by molar-refractivity contribution is 5.94. The van der Waals surface area contributed by atoms with Crippen LogP contribution < -0.4 is 10.6 Å². The van der Waals surface area contributed by atoms with Crippen LogP contribution in [0.25, 0.3) is 0 Å². The first-order chi connectivity index (χ1) is 8.13. The lowest BCUT2D eigenvalue weighted by molar-refractivity contribution is 0.217. The van der Waals surface area contributed by atoms with Gasteiger partial charge in [-0.3, -0.25) is 4.90 Å². The molecule has 1 atom stereocenters. The maximum Gasteiger partial charge on any atom is 0.324 e. The van der Waals surface area contributed by atoms with Crippen LogP contribution in [-0.2, 0) is 0 Å². The molecule has 1 heterocycles. The van der Waals surface area contributed by atoms with Crippen LogP contribution in [-0.4, -0.2) is 30.6 Å². The van der Waals surface area contributed by atoms with Crippen molar-refractivity contribution in [3.8, 4) is 0 Å². The third-order valence-electron chi connectivity index (χ3n) is 3.30. The summed E-state index contributed by atoms with van der Waals surface area (Å²) in [6, 6.07) is 7.86. The summed E-state index contributed by atoms with van der Waals surface area (Å²) in [5, 5.41) is 0. The molecule has 4 nitrogen and oxygen atoms in total. The number of nitrogens with zero attached hydrogens (tertiary/aromatic N) is 2. The summed E-state index contributed by atoms with van der Waals surface area (Å²) in [6.07, 6.45) is 2.14. The van der Waals surface area contributed by atoms with E-state index < -0.39 is 0 Å². The number of carbonyl (C=O) groups excluding carboxylic acids is 1. The Morgan fingerprint density at radius 3 is 2.59 bits per heavy atom. The molecule has 0 aromatic heterocycles. The molecule has 1 aliphatic heterocycles. The molecule has 0 saturated carbocycles. The number of nitrogens with two attached hydrogens (primary N) is 1. The van der Waals surface area contributed by atoms with Gasteiger partial charge in [0, 0.05) is 25.0 Å². The number of hydrogen-bond acceptors (Lipinski definition) is 2. The molecular formula is C13H19N3O. The van der Waals surface area contributed by atoms with Crippen molar-refractivity contribution < 1.29 is 4.79 Å². The summed E-state index contributed by atoms with van der Waals surface area (Å²) < 4.78 is 0. The standard InChI is InChI=1S/C13H19N3O/c1-3-4-12-9-16(13(17)15(12)2)11-7-5-10(14)6-8-11/h5-8,12H,3-4,9,14H2,1-2H3. The zero-order valence-corrected chi connectivity index (χ0v) is 10.4. The summed E-state index contributed by atoms with van der Waals surface area (Å²) in [7, 11) is 1.87. The van der Waals surface area contributed by atoms with Gasteiger partial charge in [0.2, 0.25) is 0 Å². The molecule has 4 heteroatoms. The summed E-state index contributed by atoms with van der Waals surface area (Å²) in [5.74, 6) is 0. The molecule has 2 rings (SSSR count). The topological polar surface area (TPSA) is 49.6 Å². The molecule has 1 aromatic carbocycles. The lowest BCUT2D eigenvalue weighted by Crippen LogP contribution is -2.31. The van der Waals surface area contributed by atoms with E-state index in [1.165, 1.54) is 0 Å². The number of nitrogen functional groups attached to an aromatic ring is 1. The summed E-state index contributed by atoms with van der Waals surface area (Å²) >= 11 is 0. The zero-order chi connectivity index (χ0) is 12.4. The molecule has 0 radical (unpaired) electrons. The summed E-state index contributed by atoms with van der Waals surface area (Å²) in [5.41, 5.74) is 7.30. The highest BCUT2D eigenvalue weighted by atomic mass is 16.2. The van der Waals surface area contributed by atoms with Crippen molar-refractivity contribution in [2.45, 2.75) is 25.8 Å². The zero-order valence-electron chi connectivity index (χ0n) is 10.4. The Morgan fingerprint density at radius 2 is 2.00 bits per heavy atom. The van der Waals surface area contributed by atoms with Crippen molar-refractivity contribution in [1.29, 1.82) is 0 Å². The van der Waals surface area contributed by atoms with E-state index in [0.717, 1.165) is 30.8 Å². The van der Waals surface area contributed by atoms with Gasteiger partial charge in [0.05, 0.1) is 6.04 Å². The van der Waals surface area contributed by atoms with Crippen molar-refractivity contribution in [3.05, 3.63) is 24.3 Å². The normalized spacial score (nSPS) is 20.1. The maximum absolute atomic E-state index is 12.1. The average molecular weight is 233 g/mol. The molecular weight excluding hydrogens is 214 g/mol. The van der Waals surface area contributed by atoms with Gasteiger partial charge < -0.3 is 10.6 Å². The van der Waals surface area contributed by atoms with Crippen LogP contribution in [0, 0.1) is 0 Å². The van der Waals surface area contributed by atoms with E-state index >= 15 is 0 Å². The fraction of sp³-hybridized carbons (Fsp3) is 0.462. The Morgan fingerprint density at radius 1 is 1.35 bits per heavy atom. The number of carbonyl (C=O) groups is 1. The van der Waals surface area contributed by atoms with Crippen molar-refractivity contribution in [3.63, 3.8) is 0 Å². The van der Waals surface area contributed by atoms with Gasteiger partial charge in [-0.15, -0.1) is 0 Å². The third kappa shape index (κ3) is 2.20. The van der Waals surface area contributed by atoms with Gasteiger partial charge in [-0.25, -0.2) is 4.79 Å². The molecule has 1 fully saturated rings. The molecule has 17 heavy (non-hydrogen) atoms. The fourth-order valence-electron chi connectivity index (χ4n) is 2.25. The van der Waals surface area contributed by atoms with Crippen LogP contribution in [0.5, 0.6) is 0 Å². The molecule has 2 amide bonds. The monoisotopic (exact) mass is 233 g/mol. The van der Waals surface area contributed by atoms with Gasteiger partial charge in [0.25, 0.3) is 0 Å². The number of anilines is 2. The molecule has 1 aliphatic rings. The highest BCUT2D eigenvalue weighted by Gasteiger charge is 2.34. The van der Waals surface area contributed by atoms with Gasteiger partial charge in [0.1, 0.15) is 0 Å². The van der Waals surface area contributed by atoms with Crippen molar-refractivity contribution in [2.75, 3.05) is 24.2 Å². The van der Waals surface area contributed by atoms with E-state index in [1.54, 1.807) is 0 Å². The Bertz CT molecular complexity index is 402. The van der Waals surface area contributed by atoms with Crippen LogP contribution in [0.1, 0.15) is 19.8 Å². The van der Waals surface area contributed by atoms with Gasteiger partial charge in [-0.05, 0) is 30.7 Å². The quantitative estimate of drug-likeness (QED) is 0.814. The smallest absolute Gasteiger partial charge is 0.324 e. The van der Waals surface area contributed by atoms with E-state index in [4.69, 9.17) is 5.73 Å². The van der Waals surface area contributed by atoms with Gasteiger partial charge in [-0.2, -0.15) is 0 Å². The Kier molecular flexibility index (Phi) is 3.22. The number of hydrogen-bond donors (Lipinski definition) is 1. The number of rotatable bonds is 3. The van der Waals surface area contributed by atoms with Crippen LogP contribution in [0.3, 0.4) is 0 Å². The average Bonchev–Trinajstić information content (AvgIpc) is 2.59. The lowest BCUT2D eigenvalue weighted by atomic mass is 10.1. The molecule has 0 aliphatic carbocycles. The van der Waals surface area contributed by atoms with Crippen LogP contribution >= 0.6 is 0 Å². The molecule has 0 spiro atoms. The number of benzene rings is 1. The predicted octanol–water partition coefficient (Wildman–Crippen LogP) is 2.31. The molecule has 1 saturated heterocycles. The maximum atomic E-state index is 12.1. The lowest BCUT2D eigenvalue weighted by Gasteiger charge is -2.16. The van der Waals surface area contributed by atoms with Crippen LogP contribution in [0.2, 0.25) is 0 Å². The van der Waals surface area contributed by atoms with Crippen molar-refractivity contribution >= 4 is 17.4 Å². The Labute approximate surface area is 102 Å². The molecule has 0 bridgehead atoms. The minimum Gasteiger partial charge on any atom is -0.399 e. The van der Waals surface area contributed by atoms with E-state index in [9.17, 15) is 4.79 Å². The van der Waals surface area contributed by atoms with E-state index in [-0.39, 0.29) is 6.03 Å². The second-order valence-corrected chi connectivity index (χ2v) is 4.54. The van der Waals surface area contributed by atoms with Crippen molar-refractivity contribution in [2.24, 2.45) is 0 Å². The Hall–Kier alpha value is -1.71. The minimum atomic E-state index is 0.0771. The number of likely N-dealkylation sites (N-methyl/N-ethyl adjacent to an activating group) is 1. The second kappa shape index (κ2) is 4.65. The molecule has 92 valence electrons. The number of amides is 2. The Balaban J connectivity index is 2.17. The molecule has 1 aromatic rings. The van der Waals surface area contributed by atoms with Gasteiger partial charge in [0.15, 0.2) is 0 Å². The first-order valence-electron chi connectivity index (χ1n) is 6.03. The van der Waals surface area contributed by atoms with Gasteiger partial charge >= 0.3 is 6.03 Å². The van der Waals surface area contributed by atoms with E-state index in [0.29, 0.717) is 6.04 Å². The van der Waals surface area contributed by atoms with E-state index in [1.807, 2.05) is 41.1 Å². The highest BCUT2D eigenvalue weighted by Crippen LogP contribution is 2.25. The first-order valence-corrected chi connectivity index (χ1v) is 6.03. The minimum absolute atomic E-state index is 0.0771. The molecule has 1 unspecified atom stereocenters. The SMILES string of the molecule is CCCC1CN(c2ccc(N)cc2)C(=O)N1C. The van der Waals surface area contributed by atoms with Crippen molar-refractivity contribution in [1.82, 2.24) is 4.90 Å². The summed E-state index contributed by atoms with van der Waals surface area (Å²) in [4.78, 5) is 15.7. The molecule has 2 N–H and O–H groups in total. The van der Waals surface area contributed by atoms with Crippen LogP contribution in [0.15, 0.2) is 24.3 Å². The number of urea groups is 1. The van der Waals surface area contributed by atoms with Crippen LogP contribution in [0.4, 0.5) is 16.2 Å².